The van der Waals surface area contributed by atoms with Crippen LogP contribution in [0.2, 0.25) is 0 Å². The zero-order valence-electron chi connectivity index (χ0n) is 24.8. The highest BCUT2D eigenvalue weighted by molar-refractivity contribution is 5.64. The average molecular weight is 538 g/mol. The highest BCUT2D eigenvalue weighted by atomic mass is 15.1. The Morgan fingerprint density at radius 1 is 0.675 bits per heavy atom. The Morgan fingerprint density at radius 2 is 1.25 bits per heavy atom. The molecule has 0 radical (unpaired) electrons. The van der Waals surface area contributed by atoms with Gasteiger partial charge >= 0.3 is 0 Å². The van der Waals surface area contributed by atoms with Gasteiger partial charge in [0.1, 0.15) is 0 Å². The Hall–Kier alpha value is -2.90. The summed E-state index contributed by atoms with van der Waals surface area (Å²) in [5.41, 5.74) is 9.39. The smallest absolute Gasteiger partial charge is 0.00156 e. The number of unbranched alkanes of at least 4 members (excludes halogenated alkanes) is 2. The number of allylic oxidation sites excluding steroid dienone is 2. The molecule has 0 aromatic heterocycles. The van der Waals surface area contributed by atoms with Crippen LogP contribution in [0, 0.1) is 0 Å². The number of hydrogen-bond donors (Lipinski definition) is 0. The van der Waals surface area contributed by atoms with Crippen LogP contribution in [0.25, 0.3) is 16.7 Å². The van der Waals surface area contributed by atoms with Crippen LogP contribution in [0.5, 0.6) is 0 Å². The van der Waals surface area contributed by atoms with Gasteiger partial charge in [-0.1, -0.05) is 118 Å². The van der Waals surface area contributed by atoms with Crippen LogP contribution < -0.4 is 0 Å². The van der Waals surface area contributed by atoms with E-state index in [2.05, 4.69) is 111 Å². The number of nitrogens with zero attached hydrogens (tertiary/aromatic N) is 1. The highest BCUT2D eigenvalue weighted by Gasteiger charge is 2.10. The molecule has 1 heteroatoms. The van der Waals surface area contributed by atoms with E-state index in [1.807, 2.05) is 0 Å². The lowest BCUT2D eigenvalue weighted by atomic mass is 9.98. The summed E-state index contributed by atoms with van der Waals surface area (Å²) in [4.78, 5) is 2.60. The van der Waals surface area contributed by atoms with Crippen LogP contribution in [-0.4, -0.2) is 24.5 Å². The van der Waals surface area contributed by atoms with Gasteiger partial charge in [0.2, 0.25) is 0 Å². The molecule has 0 unspecified atom stereocenters. The molecule has 3 aromatic rings. The average Bonchev–Trinajstić information content (AvgIpc) is 3.48. The summed E-state index contributed by atoms with van der Waals surface area (Å²) in [6.07, 6.45) is 13.7. The molecule has 0 aliphatic carbocycles. The van der Waals surface area contributed by atoms with E-state index in [1.165, 1.54) is 116 Å². The molecule has 0 spiro atoms. The van der Waals surface area contributed by atoms with Gasteiger partial charge < -0.3 is 4.90 Å². The van der Waals surface area contributed by atoms with Gasteiger partial charge in [0.15, 0.2) is 0 Å². The molecule has 1 heterocycles. The van der Waals surface area contributed by atoms with Gasteiger partial charge in [-0.3, -0.25) is 0 Å². The zero-order valence-corrected chi connectivity index (χ0v) is 24.8. The van der Waals surface area contributed by atoms with E-state index in [4.69, 9.17) is 0 Å². The minimum Gasteiger partial charge on any atom is -0.303 e. The first-order valence-electron chi connectivity index (χ1n) is 15.3. The predicted octanol–water partition coefficient (Wildman–Crippen LogP) is 11.2. The van der Waals surface area contributed by atoms with Gasteiger partial charge in [0, 0.05) is 0 Å². The van der Waals surface area contributed by atoms with Crippen LogP contribution in [0.4, 0.5) is 0 Å². The molecule has 3 aromatic carbocycles. The molecule has 0 amide bonds. The van der Waals surface area contributed by atoms with E-state index < -0.39 is 0 Å². The first kappa shape index (κ1) is 33.3. The largest absolute Gasteiger partial charge is 0.303 e. The number of benzene rings is 3. The summed E-state index contributed by atoms with van der Waals surface area (Å²) in [5, 5.41) is 0. The molecule has 40 heavy (non-hydrogen) atoms. The quantitative estimate of drug-likeness (QED) is 0.146. The molecule has 216 valence electrons. The third-order valence-electron chi connectivity index (χ3n) is 7.68. The van der Waals surface area contributed by atoms with Gasteiger partial charge in [-0.05, 0) is 118 Å². The molecule has 0 bridgehead atoms. The minimum absolute atomic E-state index is 0. The van der Waals surface area contributed by atoms with Gasteiger partial charge in [-0.2, -0.15) is 0 Å². The third kappa shape index (κ3) is 12.5. The summed E-state index contributed by atoms with van der Waals surface area (Å²) >= 11 is 0. The summed E-state index contributed by atoms with van der Waals surface area (Å²) in [5.74, 6) is 0. The molecule has 1 aliphatic heterocycles. The summed E-state index contributed by atoms with van der Waals surface area (Å²) in [6.45, 7) is 16.4. The van der Waals surface area contributed by atoms with Crippen LogP contribution in [0.1, 0.15) is 95.8 Å². The molecule has 1 fully saturated rings. The van der Waals surface area contributed by atoms with Crippen molar-refractivity contribution in [1.29, 1.82) is 0 Å². The maximum Gasteiger partial charge on any atom is -0.00156 e. The van der Waals surface area contributed by atoms with Crippen molar-refractivity contribution in [3.05, 3.63) is 114 Å². The Kier molecular flexibility index (Phi) is 16.0. The highest BCUT2D eigenvalue weighted by Crippen LogP contribution is 2.22. The maximum atomic E-state index is 4.22. The molecular formula is C39H55N. The van der Waals surface area contributed by atoms with Crippen molar-refractivity contribution in [2.24, 2.45) is 0 Å². The maximum absolute atomic E-state index is 4.22. The van der Waals surface area contributed by atoms with Crippen molar-refractivity contribution in [2.75, 3.05) is 19.6 Å². The van der Waals surface area contributed by atoms with Gasteiger partial charge in [0.25, 0.3) is 0 Å². The van der Waals surface area contributed by atoms with E-state index in [-0.39, 0.29) is 7.43 Å². The van der Waals surface area contributed by atoms with E-state index in [0.29, 0.717) is 0 Å². The fourth-order valence-corrected chi connectivity index (χ4v) is 5.29. The number of hydrogen-bond acceptors (Lipinski definition) is 1. The predicted molar refractivity (Wildman–Crippen MR) is 180 cm³/mol. The number of rotatable bonds is 14. The molecule has 1 saturated heterocycles. The fraction of sp³-hybridized carbons (Fsp3) is 0.436. The lowest BCUT2D eigenvalue weighted by Gasteiger charge is -2.14. The molecule has 4 rings (SSSR count). The lowest BCUT2D eigenvalue weighted by molar-refractivity contribution is 0.334. The van der Waals surface area contributed by atoms with Crippen molar-refractivity contribution < 1.29 is 0 Å². The summed E-state index contributed by atoms with van der Waals surface area (Å²) in [7, 11) is 0. The third-order valence-corrected chi connectivity index (χ3v) is 7.68. The molecule has 1 nitrogen and oxygen atoms in total. The van der Waals surface area contributed by atoms with E-state index in [9.17, 15) is 0 Å². The first-order chi connectivity index (χ1) is 19.0. The van der Waals surface area contributed by atoms with Gasteiger partial charge in [-0.25, -0.2) is 0 Å². The second-order valence-corrected chi connectivity index (χ2v) is 11.3. The fourth-order valence-electron chi connectivity index (χ4n) is 5.29. The topological polar surface area (TPSA) is 3.24 Å². The van der Waals surface area contributed by atoms with Crippen molar-refractivity contribution in [1.82, 2.24) is 4.90 Å². The Balaban J connectivity index is 0.000000274. The molecular weight excluding hydrogens is 482 g/mol. The SMILES string of the molecule is C.C=C(C)CCCCCC(=C)c1ccc(CCC)cc1.c1ccc(-c2ccc(CCCN3CCCC3)cc2)cc1. The van der Waals surface area contributed by atoms with Crippen LogP contribution in [-0.2, 0) is 12.8 Å². The van der Waals surface area contributed by atoms with Crippen LogP contribution in [0.15, 0.2) is 97.6 Å². The Bertz CT molecular complexity index is 1090. The second-order valence-electron chi connectivity index (χ2n) is 11.3. The standard InChI is InChI=1S/C19H23N.C19H28.CH4/c1-2-8-18(9-3-1)19-12-10-17(11-13-19)7-6-16-20-14-4-5-15-20;1-5-9-18-12-14-19(15-13-18)17(4)11-8-6-7-10-16(2)3;/h1-3,8-13H,4-7,14-16H2;12-15H,2,4-11H2,1,3H3;1H4. The Labute approximate surface area is 247 Å². The molecule has 1 aliphatic rings. The normalized spacial score (nSPS) is 12.8. The van der Waals surface area contributed by atoms with Crippen LogP contribution in [0.3, 0.4) is 0 Å². The van der Waals surface area contributed by atoms with E-state index in [1.54, 1.807) is 0 Å². The second kappa shape index (κ2) is 19.2. The van der Waals surface area contributed by atoms with E-state index in [0.717, 1.165) is 12.8 Å². The van der Waals surface area contributed by atoms with Crippen LogP contribution >= 0.6 is 0 Å². The molecule has 0 atom stereocenters. The molecule has 0 N–H and O–H groups in total. The molecule has 0 saturated carbocycles. The van der Waals surface area contributed by atoms with Gasteiger partial charge in [0.05, 0.1) is 0 Å². The first-order valence-corrected chi connectivity index (χ1v) is 15.3. The van der Waals surface area contributed by atoms with Crippen molar-refractivity contribution >= 4 is 5.57 Å². The number of aryl methyl sites for hydroxylation is 2. The van der Waals surface area contributed by atoms with Crippen molar-refractivity contribution in [3.63, 3.8) is 0 Å². The monoisotopic (exact) mass is 537 g/mol. The lowest BCUT2D eigenvalue weighted by Crippen LogP contribution is -2.20. The zero-order chi connectivity index (χ0) is 27.7. The van der Waals surface area contributed by atoms with Crippen molar-refractivity contribution in [2.45, 2.75) is 91.9 Å². The minimum atomic E-state index is 0. The van der Waals surface area contributed by atoms with Gasteiger partial charge in [-0.15, -0.1) is 6.58 Å². The summed E-state index contributed by atoms with van der Waals surface area (Å²) in [6, 6.07) is 28.6. The van der Waals surface area contributed by atoms with E-state index >= 15 is 0 Å². The van der Waals surface area contributed by atoms with Crippen molar-refractivity contribution in [3.8, 4) is 11.1 Å². The Morgan fingerprint density at radius 3 is 1.88 bits per heavy atom. The summed E-state index contributed by atoms with van der Waals surface area (Å²) < 4.78 is 0. The number of likely N-dealkylation sites (tertiary alicyclic amines) is 1.